The summed E-state index contributed by atoms with van der Waals surface area (Å²) in [6.07, 6.45) is 1.08. The molecule has 3 aliphatic rings. The third kappa shape index (κ3) is 5.32. The van der Waals surface area contributed by atoms with Gasteiger partial charge in [-0.05, 0) is 29.8 Å². The van der Waals surface area contributed by atoms with Gasteiger partial charge in [-0.3, -0.25) is 14.4 Å². The average molecular weight is 838 g/mol. The van der Waals surface area contributed by atoms with E-state index in [-0.39, 0.29) is 53.7 Å². The lowest BCUT2D eigenvalue weighted by Crippen LogP contribution is -2.59. The van der Waals surface area contributed by atoms with Crippen LogP contribution in [0.15, 0.2) is 74.6 Å². The molecule has 302 valence electrons. The fourth-order valence-electron chi connectivity index (χ4n) is 8.52. The summed E-state index contributed by atoms with van der Waals surface area (Å²) in [5.41, 5.74) is -0.522. The Balaban J connectivity index is 1.26. The topological polar surface area (TPSA) is 178 Å². The summed E-state index contributed by atoms with van der Waals surface area (Å²) in [5.74, 6) is -3.27. The van der Waals surface area contributed by atoms with E-state index in [4.69, 9.17) is 42.1 Å². The molecule has 0 spiro atoms. The zero-order valence-corrected chi connectivity index (χ0v) is 33.1. The number of nitrogens with zero attached hydrogens (tertiary/aromatic N) is 6. The molecule has 16 nitrogen and oxygen atoms in total. The lowest BCUT2D eigenvalue weighted by atomic mass is 9.64. The maximum Gasteiger partial charge on any atom is 0.347 e. The summed E-state index contributed by atoms with van der Waals surface area (Å²) in [7, 11) is 7.14. The number of amides is 2. The van der Waals surface area contributed by atoms with E-state index in [2.05, 4.69) is 4.98 Å². The monoisotopic (exact) mass is 836 g/mol. The van der Waals surface area contributed by atoms with Crippen LogP contribution in [0.5, 0.6) is 28.7 Å². The van der Waals surface area contributed by atoms with Crippen molar-refractivity contribution in [3.05, 3.63) is 109 Å². The van der Waals surface area contributed by atoms with E-state index in [0.717, 1.165) is 21.6 Å². The molecule has 2 amide bonds. The zero-order valence-electron chi connectivity index (χ0n) is 31.6. The molecule has 2 aromatic heterocycles. The van der Waals surface area contributed by atoms with E-state index >= 15 is 0 Å². The highest BCUT2D eigenvalue weighted by Gasteiger charge is 2.76. The third-order valence-corrected chi connectivity index (χ3v) is 12.7. The number of ether oxygens (including phenoxy) is 4. The zero-order chi connectivity index (χ0) is 41.6. The number of fused-ring (bicyclic) bond motifs is 5. The first-order chi connectivity index (χ1) is 27.6. The molecule has 8 rings (SSSR count). The summed E-state index contributed by atoms with van der Waals surface area (Å²) >= 11 is 14.9. The number of aromatic nitrogens is 5. The highest BCUT2D eigenvalue weighted by Crippen LogP contribution is 2.65. The molecule has 2 fully saturated rings. The largest absolute Gasteiger partial charge is 0.508 e. The second kappa shape index (κ2) is 13.8. The Morgan fingerprint density at radius 3 is 2.10 bits per heavy atom. The van der Waals surface area contributed by atoms with Crippen LogP contribution in [0.3, 0.4) is 0 Å². The van der Waals surface area contributed by atoms with Crippen LogP contribution in [0, 0.1) is 5.82 Å². The van der Waals surface area contributed by atoms with Gasteiger partial charge in [0.2, 0.25) is 0 Å². The molecule has 1 aliphatic carbocycles. The van der Waals surface area contributed by atoms with Crippen molar-refractivity contribution in [2.75, 3.05) is 33.3 Å². The number of anilines is 1. The summed E-state index contributed by atoms with van der Waals surface area (Å²) in [6.45, 7) is -0.423. The number of benzene rings is 3. The number of carbonyl (C=O) groups excluding carboxylic acids is 2. The van der Waals surface area contributed by atoms with Crippen molar-refractivity contribution in [2.24, 2.45) is 7.05 Å². The standard InChI is InChI=1S/C39H35Cl2FN6O10/c1-44-25-17-28(56-3)27(55-2)16-24(25)43-23(33(44)50)11-12-45-36(53)46-13-10-22-26(48(46)37(45)54)18-38(40)34(51)47(20-8-6-19(42)7-9-20)35(52)39(38,41)32(22)31-29(57-4)14-21(49)15-30(31)58-5/h6-10,14-17,26,32,49H,11-13,18H2,1-5H3/t26-,32-,38-,39+/m1/s1. The number of allylic oxidation sites excluding steroid dienone is 2. The minimum absolute atomic E-state index is 0.00237. The lowest BCUT2D eigenvalue weighted by molar-refractivity contribution is -0.122. The van der Waals surface area contributed by atoms with Crippen LogP contribution < -0.4 is 40.8 Å². The van der Waals surface area contributed by atoms with Gasteiger partial charge in [0.15, 0.2) is 21.2 Å². The van der Waals surface area contributed by atoms with Crippen molar-refractivity contribution >= 4 is 51.7 Å². The number of halogens is 3. The average Bonchev–Trinajstić information content (AvgIpc) is 3.54. The smallest absolute Gasteiger partial charge is 0.347 e. The van der Waals surface area contributed by atoms with Gasteiger partial charge in [-0.2, -0.15) is 0 Å². The molecule has 0 unspecified atom stereocenters. The molecular weight excluding hydrogens is 802 g/mol. The Bertz CT molecular complexity index is 2770. The first kappa shape index (κ1) is 38.8. The molecule has 3 aromatic carbocycles. The Hall–Kier alpha value is -6.07. The van der Waals surface area contributed by atoms with E-state index in [1.807, 2.05) is 0 Å². The quantitative estimate of drug-likeness (QED) is 0.131. The molecule has 4 heterocycles. The van der Waals surface area contributed by atoms with Gasteiger partial charge in [0, 0.05) is 62.2 Å². The Morgan fingerprint density at radius 1 is 0.862 bits per heavy atom. The number of methoxy groups -OCH3 is 4. The first-order valence-electron chi connectivity index (χ1n) is 17.9. The highest BCUT2D eigenvalue weighted by atomic mass is 35.5. The van der Waals surface area contributed by atoms with Crippen LogP contribution >= 0.6 is 23.2 Å². The molecule has 1 N–H and O–H groups in total. The van der Waals surface area contributed by atoms with Crippen LogP contribution in [-0.2, 0) is 36.1 Å². The normalized spacial score (nSPS) is 22.3. The molecule has 5 aromatic rings. The summed E-state index contributed by atoms with van der Waals surface area (Å²) < 4.78 is 40.9. The molecule has 0 bridgehead atoms. The number of imide groups is 1. The molecule has 1 saturated heterocycles. The number of alkyl halides is 2. The van der Waals surface area contributed by atoms with E-state index < -0.39 is 62.7 Å². The van der Waals surface area contributed by atoms with Crippen molar-refractivity contribution in [1.82, 2.24) is 23.5 Å². The van der Waals surface area contributed by atoms with Gasteiger partial charge >= 0.3 is 11.4 Å². The lowest BCUT2D eigenvalue weighted by Gasteiger charge is -2.49. The van der Waals surface area contributed by atoms with Crippen LogP contribution in [0.2, 0.25) is 0 Å². The predicted molar refractivity (Wildman–Crippen MR) is 208 cm³/mol. The van der Waals surface area contributed by atoms with Gasteiger partial charge in [0.1, 0.15) is 28.8 Å². The Morgan fingerprint density at radius 2 is 1.48 bits per heavy atom. The van der Waals surface area contributed by atoms with Crippen molar-refractivity contribution in [3.8, 4) is 28.7 Å². The van der Waals surface area contributed by atoms with E-state index in [0.29, 0.717) is 28.1 Å². The summed E-state index contributed by atoms with van der Waals surface area (Å²) in [6, 6.07) is 9.26. The van der Waals surface area contributed by atoms with Gasteiger partial charge in [-0.15, -0.1) is 23.2 Å². The number of hydrogen-bond donors (Lipinski definition) is 1. The first-order valence-corrected chi connectivity index (χ1v) is 18.6. The molecule has 2 aliphatic heterocycles. The van der Waals surface area contributed by atoms with Crippen LogP contribution in [-0.4, -0.2) is 78.6 Å². The van der Waals surface area contributed by atoms with Gasteiger partial charge in [0.05, 0.1) is 57.7 Å². The summed E-state index contributed by atoms with van der Waals surface area (Å²) in [4.78, 5) is 72.1. The fourth-order valence-corrected chi connectivity index (χ4v) is 9.41. The Kier molecular flexibility index (Phi) is 9.23. The van der Waals surface area contributed by atoms with Crippen molar-refractivity contribution in [2.45, 2.75) is 47.6 Å². The molecule has 58 heavy (non-hydrogen) atoms. The number of phenols is 1. The minimum Gasteiger partial charge on any atom is -0.508 e. The van der Waals surface area contributed by atoms with Crippen molar-refractivity contribution < 1.29 is 38.0 Å². The van der Waals surface area contributed by atoms with E-state index in [1.54, 1.807) is 25.3 Å². The number of carbonyl (C=O) groups is 2. The van der Waals surface area contributed by atoms with Gasteiger partial charge < -0.3 is 28.6 Å². The number of aromatic hydroxyl groups is 1. The predicted octanol–water partition coefficient (Wildman–Crippen LogP) is 3.38. The van der Waals surface area contributed by atoms with E-state index in [9.17, 15) is 33.5 Å². The van der Waals surface area contributed by atoms with Gasteiger partial charge in [-0.25, -0.2) is 37.8 Å². The van der Waals surface area contributed by atoms with Gasteiger partial charge in [-0.1, -0.05) is 6.08 Å². The SMILES string of the molecule is COc1cc2nc(CCn3c(=O)n4n(c3=O)[C@@H]3C[C@@]5(Cl)C(=O)N(c6ccc(F)cc6)C(=O)[C@@]5(Cl)[C@@H](c5c(OC)cc(O)cc5OC)C3=CC4)c(=O)n(C)c2cc1OC. The maximum absolute atomic E-state index is 14.7. The molecule has 1 saturated carbocycles. The molecular formula is C39H35Cl2FN6O10. The van der Waals surface area contributed by atoms with Crippen LogP contribution in [0.25, 0.3) is 11.0 Å². The Labute approximate surface area is 337 Å². The molecule has 4 atom stereocenters. The second-order valence-corrected chi connectivity index (χ2v) is 15.3. The number of phenolic OH excluding ortho intramolecular Hbond substituents is 1. The van der Waals surface area contributed by atoms with Gasteiger partial charge in [0.25, 0.3) is 17.4 Å². The van der Waals surface area contributed by atoms with Crippen LogP contribution in [0.4, 0.5) is 10.1 Å². The van der Waals surface area contributed by atoms with Crippen LogP contribution in [0.1, 0.15) is 29.6 Å². The maximum atomic E-state index is 14.7. The third-order valence-electron chi connectivity index (χ3n) is 11.3. The minimum atomic E-state index is -2.32. The highest BCUT2D eigenvalue weighted by molar-refractivity contribution is 6.58. The van der Waals surface area contributed by atoms with Crippen molar-refractivity contribution in [1.29, 1.82) is 0 Å². The van der Waals surface area contributed by atoms with Crippen molar-refractivity contribution in [3.63, 3.8) is 0 Å². The fraction of sp³-hybridized carbons (Fsp3) is 0.333. The molecule has 19 heteroatoms. The summed E-state index contributed by atoms with van der Waals surface area (Å²) in [5, 5.41) is 10.6. The number of aryl methyl sites for hydroxylation is 2. The number of rotatable bonds is 9. The molecule has 0 radical (unpaired) electrons. The number of hydrogen-bond acceptors (Lipinski definition) is 11. The van der Waals surface area contributed by atoms with E-state index in [1.165, 1.54) is 66.6 Å². The second-order valence-electron chi connectivity index (χ2n) is 14.1.